The zero-order chi connectivity index (χ0) is 14.8. The number of halogens is 1. The average Bonchev–Trinajstić information content (AvgIpc) is 2.25. The first kappa shape index (κ1) is 14.9. The van der Waals surface area contributed by atoms with Crippen LogP contribution in [-0.2, 0) is 4.74 Å². The molecule has 1 aromatic carbocycles. The Morgan fingerprint density at radius 3 is 2.47 bits per heavy atom. The van der Waals surface area contributed by atoms with E-state index in [1.807, 2.05) is 0 Å². The van der Waals surface area contributed by atoms with Crippen LogP contribution in [0.5, 0.6) is 0 Å². The van der Waals surface area contributed by atoms with Gasteiger partial charge in [0.2, 0.25) is 0 Å². The molecule has 1 amide bonds. The van der Waals surface area contributed by atoms with Crippen molar-refractivity contribution in [1.82, 2.24) is 0 Å². The molecule has 0 saturated heterocycles. The molecule has 0 fully saturated rings. The van der Waals surface area contributed by atoms with Crippen molar-refractivity contribution >= 4 is 17.5 Å². The van der Waals surface area contributed by atoms with Gasteiger partial charge >= 0.3 is 6.09 Å². The molecule has 0 unspecified atom stereocenters. The number of anilines is 1. The zero-order valence-corrected chi connectivity index (χ0v) is 11.1. The van der Waals surface area contributed by atoms with E-state index >= 15 is 0 Å². The third-order valence-electron chi connectivity index (χ3n) is 2.16. The Hall–Kier alpha value is -2.18. The fourth-order valence-corrected chi connectivity index (χ4v) is 1.35. The summed E-state index contributed by atoms with van der Waals surface area (Å²) in [5.41, 5.74) is -1.26. The van der Waals surface area contributed by atoms with Crippen LogP contribution < -0.4 is 4.90 Å². The maximum absolute atomic E-state index is 13.2. The highest BCUT2D eigenvalue weighted by Gasteiger charge is 2.26. The summed E-state index contributed by atoms with van der Waals surface area (Å²) >= 11 is 0. The molecule has 1 aromatic rings. The largest absolute Gasteiger partial charge is 0.443 e. The zero-order valence-electron chi connectivity index (χ0n) is 11.1. The number of nitrogens with zero attached hydrogens (tertiary/aromatic N) is 2. The Bertz CT molecular complexity index is 511. The van der Waals surface area contributed by atoms with Crippen LogP contribution in [0.3, 0.4) is 0 Å². The van der Waals surface area contributed by atoms with Crippen LogP contribution in [0.4, 0.5) is 20.6 Å². The molecule has 0 aliphatic rings. The van der Waals surface area contributed by atoms with E-state index in [1.165, 1.54) is 7.05 Å². The van der Waals surface area contributed by atoms with E-state index in [0.29, 0.717) is 0 Å². The van der Waals surface area contributed by atoms with Crippen molar-refractivity contribution in [2.24, 2.45) is 0 Å². The van der Waals surface area contributed by atoms with Crippen LogP contribution in [0, 0.1) is 15.9 Å². The highest BCUT2D eigenvalue weighted by Crippen LogP contribution is 2.29. The molecule has 0 atom stereocenters. The van der Waals surface area contributed by atoms with Gasteiger partial charge in [-0.05, 0) is 26.8 Å². The molecule has 0 aliphatic carbocycles. The van der Waals surface area contributed by atoms with E-state index in [-0.39, 0.29) is 11.4 Å². The number of rotatable bonds is 2. The molecule has 0 spiro atoms. The number of carbonyl (C=O) groups excluding carboxylic acids is 1. The summed E-state index contributed by atoms with van der Waals surface area (Å²) in [7, 11) is 1.29. The summed E-state index contributed by atoms with van der Waals surface area (Å²) in [6, 6.07) is 2.89. The van der Waals surface area contributed by atoms with Crippen molar-refractivity contribution < 1.29 is 18.8 Å². The fraction of sp³-hybridized carbons (Fsp3) is 0.417. The van der Waals surface area contributed by atoms with Gasteiger partial charge in [0.1, 0.15) is 17.1 Å². The van der Waals surface area contributed by atoms with Gasteiger partial charge in [-0.3, -0.25) is 15.0 Å². The molecule has 0 N–H and O–H groups in total. The van der Waals surface area contributed by atoms with Crippen LogP contribution >= 0.6 is 0 Å². The van der Waals surface area contributed by atoms with E-state index in [1.54, 1.807) is 20.8 Å². The third-order valence-corrected chi connectivity index (χ3v) is 2.16. The molecule has 1 rings (SSSR count). The van der Waals surface area contributed by atoms with Crippen LogP contribution in [0.15, 0.2) is 18.2 Å². The van der Waals surface area contributed by atoms with Gasteiger partial charge in [-0.15, -0.1) is 0 Å². The molecule has 104 valence electrons. The topological polar surface area (TPSA) is 72.7 Å². The lowest BCUT2D eigenvalue weighted by Gasteiger charge is -2.24. The molecule has 19 heavy (non-hydrogen) atoms. The summed E-state index contributed by atoms with van der Waals surface area (Å²) in [5, 5.41) is 10.8. The predicted octanol–water partition coefficient (Wildman–Crippen LogP) is 3.11. The van der Waals surface area contributed by atoms with Crippen molar-refractivity contribution in [3.63, 3.8) is 0 Å². The lowest BCUT2D eigenvalue weighted by atomic mass is 10.2. The van der Waals surface area contributed by atoms with Crippen LogP contribution in [0.1, 0.15) is 20.8 Å². The van der Waals surface area contributed by atoms with E-state index in [9.17, 15) is 19.3 Å². The minimum Gasteiger partial charge on any atom is -0.443 e. The monoisotopic (exact) mass is 270 g/mol. The summed E-state index contributed by atoms with van der Waals surface area (Å²) in [4.78, 5) is 22.9. The van der Waals surface area contributed by atoms with E-state index in [0.717, 1.165) is 23.1 Å². The van der Waals surface area contributed by atoms with Crippen LogP contribution in [-0.4, -0.2) is 23.7 Å². The molecule has 0 saturated carbocycles. The fourth-order valence-electron chi connectivity index (χ4n) is 1.35. The maximum atomic E-state index is 13.2. The highest BCUT2D eigenvalue weighted by molar-refractivity contribution is 5.90. The van der Waals surface area contributed by atoms with Gasteiger partial charge in [-0.1, -0.05) is 0 Å². The molecule has 0 aromatic heterocycles. The number of amides is 1. The van der Waals surface area contributed by atoms with Crippen LogP contribution in [0.2, 0.25) is 0 Å². The van der Waals surface area contributed by atoms with Gasteiger partial charge in [-0.25, -0.2) is 9.18 Å². The van der Waals surface area contributed by atoms with Crippen molar-refractivity contribution in [2.75, 3.05) is 11.9 Å². The van der Waals surface area contributed by atoms with Gasteiger partial charge in [0.25, 0.3) is 5.69 Å². The lowest BCUT2D eigenvalue weighted by molar-refractivity contribution is -0.384. The number of nitro benzene ring substituents is 1. The van der Waals surface area contributed by atoms with Gasteiger partial charge in [0.15, 0.2) is 0 Å². The Labute approximate surface area is 109 Å². The van der Waals surface area contributed by atoms with Gasteiger partial charge < -0.3 is 4.74 Å². The Morgan fingerprint density at radius 1 is 1.42 bits per heavy atom. The predicted molar refractivity (Wildman–Crippen MR) is 67.7 cm³/mol. The number of carbonyl (C=O) groups is 1. The highest BCUT2D eigenvalue weighted by atomic mass is 19.1. The van der Waals surface area contributed by atoms with E-state index in [2.05, 4.69) is 0 Å². The summed E-state index contributed by atoms with van der Waals surface area (Å²) in [6.07, 6.45) is -0.791. The average molecular weight is 270 g/mol. The molecule has 0 bridgehead atoms. The normalized spacial score (nSPS) is 11.0. The minimum atomic E-state index is -0.791. The summed E-state index contributed by atoms with van der Waals surface area (Å²) in [5.74, 6) is -0.670. The molecular weight excluding hydrogens is 255 g/mol. The molecule has 0 radical (unpaired) electrons. The Kier molecular flexibility index (Phi) is 4.08. The van der Waals surface area contributed by atoms with Crippen molar-refractivity contribution in [3.05, 3.63) is 34.1 Å². The number of nitro groups is 1. The Balaban J connectivity index is 3.11. The Morgan fingerprint density at radius 2 is 2.00 bits per heavy atom. The number of benzene rings is 1. The smallest absolute Gasteiger partial charge is 0.414 e. The first-order chi connectivity index (χ1) is 8.61. The number of hydrogen-bond acceptors (Lipinski definition) is 4. The quantitative estimate of drug-likeness (QED) is 0.611. The van der Waals surface area contributed by atoms with Crippen LogP contribution in [0.25, 0.3) is 0 Å². The standard InChI is InChI=1S/C12H15FN2O4/c1-12(2,3)19-11(16)14(4)10-7-8(13)5-6-9(10)15(17)18/h5-7H,1-4H3. The number of hydrogen-bond donors (Lipinski definition) is 0. The van der Waals surface area contributed by atoms with Crippen molar-refractivity contribution in [1.29, 1.82) is 0 Å². The van der Waals surface area contributed by atoms with Gasteiger partial charge in [-0.2, -0.15) is 0 Å². The minimum absolute atomic E-state index is 0.153. The van der Waals surface area contributed by atoms with Crippen molar-refractivity contribution in [3.8, 4) is 0 Å². The molecule has 7 heteroatoms. The van der Waals surface area contributed by atoms with Crippen molar-refractivity contribution in [2.45, 2.75) is 26.4 Å². The second-order valence-electron chi connectivity index (χ2n) is 4.93. The molecule has 0 heterocycles. The first-order valence-electron chi connectivity index (χ1n) is 5.52. The van der Waals surface area contributed by atoms with E-state index < -0.39 is 22.4 Å². The summed E-state index contributed by atoms with van der Waals surface area (Å²) in [6.45, 7) is 5.00. The van der Waals surface area contributed by atoms with Gasteiger partial charge in [0, 0.05) is 19.2 Å². The molecular formula is C12H15FN2O4. The third kappa shape index (κ3) is 3.90. The SMILES string of the molecule is CN(C(=O)OC(C)(C)C)c1cc(F)ccc1[N+](=O)[O-]. The second-order valence-corrected chi connectivity index (χ2v) is 4.93. The lowest BCUT2D eigenvalue weighted by Crippen LogP contribution is -2.34. The second kappa shape index (κ2) is 5.21. The summed E-state index contributed by atoms with van der Waals surface area (Å²) < 4.78 is 18.2. The maximum Gasteiger partial charge on any atom is 0.414 e. The molecule has 0 aliphatic heterocycles. The molecule has 6 nitrogen and oxygen atoms in total. The van der Waals surface area contributed by atoms with Gasteiger partial charge in [0.05, 0.1) is 4.92 Å². The van der Waals surface area contributed by atoms with E-state index in [4.69, 9.17) is 4.74 Å². The first-order valence-corrected chi connectivity index (χ1v) is 5.52. The number of ether oxygens (including phenoxy) is 1.